The van der Waals surface area contributed by atoms with E-state index in [0.29, 0.717) is 12.8 Å². The molecule has 1 fully saturated rings. The Labute approximate surface area is 167 Å². The van der Waals surface area contributed by atoms with E-state index in [0.717, 1.165) is 49.6 Å². The van der Waals surface area contributed by atoms with Crippen LogP contribution in [0.1, 0.15) is 36.8 Å². The average molecular weight is 379 g/mol. The standard InChI is InChI=1S/C24H30N2O2/c27-23-11-10-21-8-4-5-9-22(21)26(23)24(28)14-17-25-15-12-20(13-16-25)18-19-6-2-1-3-7-19/h1-9,20,24,28H,10-18H2. The molecular weight excluding hydrogens is 348 g/mol. The van der Waals surface area contributed by atoms with Crippen molar-refractivity contribution in [1.29, 1.82) is 0 Å². The normalized spacial score (nSPS) is 19.5. The Hall–Kier alpha value is -2.17. The Bertz CT molecular complexity index is 784. The van der Waals surface area contributed by atoms with Gasteiger partial charge in [-0.15, -0.1) is 0 Å². The van der Waals surface area contributed by atoms with Crippen LogP contribution in [0.3, 0.4) is 0 Å². The zero-order valence-corrected chi connectivity index (χ0v) is 16.5. The molecule has 1 saturated heterocycles. The highest BCUT2D eigenvalue weighted by Crippen LogP contribution is 2.30. The molecule has 4 rings (SSSR count). The number of piperidine rings is 1. The molecule has 1 N–H and O–H groups in total. The molecule has 2 aromatic carbocycles. The van der Waals surface area contributed by atoms with Gasteiger partial charge in [-0.3, -0.25) is 9.69 Å². The molecule has 2 heterocycles. The minimum Gasteiger partial charge on any atom is -0.373 e. The Morgan fingerprint density at radius 1 is 0.964 bits per heavy atom. The van der Waals surface area contributed by atoms with Gasteiger partial charge in [0.05, 0.1) is 0 Å². The van der Waals surface area contributed by atoms with Gasteiger partial charge in [-0.2, -0.15) is 0 Å². The lowest BCUT2D eigenvalue weighted by molar-refractivity contribution is -0.121. The first-order chi connectivity index (χ1) is 13.7. The van der Waals surface area contributed by atoms with Gasteiger partial charge >= 0.3 is 0 Å². The summed E-state index contributed by atoms with van der Waals surface area (Å²) < 4.78 is 0. The smallest absolute Gasteiger partial charge is 0.229 e. The molecule has 0 bridgehead atoms. The fraction of sp³-hybridized carbons (Fsp3) is 0.458. The van der Waals surface area contributed by atoms with E-state index in [9.17, 15) is 9.90 Å². The van der Waals surface area contributed by atoms with Crippen molar-refractivity contribution >= 4 is 11.6 Å². The second-order valence-corrected chi connectivity index (χ2v) is 8.14. The minimum absolute atomic E-state index is 0.0350. The number of carbonyl (C=O) groups excluding carboxylic acids is 1. The zero-order valence-electron chi connectivity index (χ0n) is 16.5. The van der Waals surface area contributed by atoms with Crippen LogP contribution in [0.5, 0.6) is 0 Å². The predicted molar refractivity (Wildman–Crippen MR) is 112 cm³/mol. The van der Waals surface area contributed by atoms with Crippen LogP contribution >= 0.6 is 0 Å². The maximum absolute atomic E-state index is 12.4. The summed E-state index contributed by atoms with van der Waals surface area (Å²) in [5.41, 5.74) is 3.47. The number of aliphatic hydroxyl groups excluding tert-OH is 1. The van der Waals surface area contributed by atoms with Gasteiger partial charge in [-0.1, -0.05) is 48.5 Å². The summed E-state index contributed by atoms with van der Waals surface area (Å²) in [6.07, 6.45) is 4.69. The van der Waals surface area contributed by atoms with Crippen LogP contribution in [-0.2, 0) is 17.6 Å². The first-order valence-corrected chi connectivity index (χ1v) is 10.5. The van der Waals surface area contributed by atoms with Gasteiger partial charge in [0.2, 0.25) is 5.91 Å². The number of hydrogen-bond donors (Lipinski definition) is 1. The first-order valence-electron chi connectivity index (χ1n) is 10.5. The third kappa shape index (κ3) is 4.45. The molecule has 4 heteroatoms. The summed E-state index contributed by atoms with van der Waals surface area (Å²) in [5, 5.41) is 10.7. The van der Waals surface area contributed by atoms with Crippen molar-refractivity contribution in [3.05, 3.63) is 65.7 Å². The Balaban J connectivity index is 1.27. The molecule has 0 radical (unpaired) electrons. The van der Waals surface area contributed by atoms with Gasteiger partial charge in [0.15, 0.2) is 0 Å². The van der Waals surface area contributed by atoms with E-state index in [4.69, 9.17) is 0 Å². The molecule has 148 valence electrons. The van der Waals surface area contributed by atoms with Crippen molar-refractivity contribution in [2.75, 3.05) is 24.5 Å². The third-order valence-electron chi connectivity index (χ3n) is 6.20. The molecular formula is C24H30N2O2. The second-order valence-electron chi connectivity index (χ2n) is 8.14. The third-order valence-corrected chi connectivity index (χ3v) is 6.20. The van der Waals surface area contributed by atoms with E-state index < -0.39 is 6.23 Å². The molecule has 2 aromatic rings. The summed E-state index contributed by atoms with van der Waals surface area (Å²) in [6.45, 7) is 2.99. The van der Waals surface area contributed by atoms with Crippen molar-refractivity contribution in [2.45, 2.75) is 44.8 Å². The van der Waals surface area contributed by atoms with E-state index in [1.165, 1.54) is 18.4 Å². The number of aryl methyl sites for hydroxylation is 1. The van der Waals surface area contributed by atoms with Crippen LogP contribution in [0.4, 0.5) is 5.69 Å². The van der Waals surface area contributed by atoms with Gasteiger partial charge in [0.25, 0.3) is 0 Å². The summed E-state index contributed by atoms with van der Waals surface area (Å²) in [6, 6.07) is 18.7. The maximum Gasteiger partial charge on any atom is 0.229 e. The number of rotatable bonds is 6. The number of likely N-dealkylation sites (tertiary alicyclic amines) is 1. The Morgan fingerprint density at radius 2 is 1.68 bits per heavy atom. The quantitative estimate of drug-likeness (QED) is 0.835. The van der Waals surface area contributed by atoms with Crippen LogP contribution < -0.4 is 4.90 Å². The topological polar surface area (TPSA) is 43.8 Å². The van der Waals surface area contributed by atoms with Gasteiger partial charge in [-0.25, -0.2) is 0 Å². The summed E-state index contributed by atoms with van der Waals surface area (Å²) in [7, 11) is 0. The summed E-state index contributed by atoms with van der Waals surface area (Å²) in [5.74, 6) is 0.784. The van der Waals surface area contributed by atoms with Gasteiger partial charge in [0, 0.05) is 25.1 Å². The summed E-state index contributed by atoms with van der Waals surface area (Å²) in [4.78, 5) is 16.5. The molecule has 4 nitrogen and oxygen atoms in total. The van der Waals surface area contributed by atoms with E-state index in [-0.39, 0.29) is 5.91 Å². The zero-order chi connectivity index (χ0) is 19.3. The Morgan fingerprint density at radius 3 is 2.46 bits per heavy atom. The number of fused-ring (bicyclic) bond motifs is 1. The number of amides is 1. The maximum atomic E-state index is 12.4. The Kier molecular flexibility index (Phi) is 6.08. The van der Waals surface area contributed by atoms with Crippen LogP contribution in [-0.4, -0.2) is 41.8 Å². The van der Waals surface area contributed by atoms with E-state index in [2.05, 4.69) is 41.3 Å². The number of para-hydroxylation sites is 1. The van der Waals surface area contributed by atoms with E-state index in [1.807, 2.05) is 18.2 Å². The monoisotopic (exact) mass is 378 g/mol. The van der Waals surface area contributed by atoms with E-state index >= 15 is 0 Å². The van der Waals surface area contributed by atoms with Crippen molar-refractivity contribution < 1.29 is 9.90 Å². The fourth-order valence-electron chi connectivity index (χ4n) is 4.57. The van der Waals surface area contributed by atoms with Crippen LogP contribution in [0, 0.1) is 5.92 Å². The SMILES string of the molecule is O=C1CCc2ccccc2N1C(O)CCN1CCC(Cc2ccccc2)CC1. The molecule has 0 saturated carbocycles. The largest absolute Gasteiger partial charge is 0.373 e. The average Bonchev–Trinajstić information content (AvgIpc) is 2.74. The number of anilines is 1. The highest BCUT2D eigenvalue weighted by atomic mass is 16.3. The predicted octanol–water partition coefficient (Wildman–Crippen LogP) is 3.63. The fourth-order valence-corrected chi connectivity index (χ4v) is 4.57. The summed E-state index contributed by atoms with van der Waals surface area (Å²) >= 11 is 0. The van der Waals surface area contributed by atoms with E-state index in [1.54, 1.807) is 4.90 Å². The van der Waals surface area contributed by atoms with Crippen LogP contribution in [0.25, 0.3) is 0 Å². The number of carbonyl (C=O) groups is 1. The first kappa shape index (κ1) is 19.2. The lowest BCUT2D eigenvalue weighted by atomic mass is 9.90. The molecule has 0 spiro atoms. The lowest BCUT2D eigenvalue weighted by Crippen LogP contribution is -2.45. The molecule has 0 aliphatic carbocycles. The van der Waals surface area contributed by atoms with Gasteiger partial charge in [0.1, 0.15) is 6.23 Å². The lowest BCUT2D eigenvalue weighted by Gasteiger charge is -2.36. The van der Waals surface area contributed by atoms with Gasteiger partial charge in [-0.05, 0) is 61.9 Å². The molecule has 2 aliphatic rings. The highest BCUT2D eigenvalue weighted by molar-refractivity contribution is 5.96. The number of nitrogens with zero attached hydrogens (tertiary/aromatic N) is 2. The molecule has 0 aromatic heterocycles. The van der Waals surface area contributed by atoms with Crippen LogP contribution in [0.2, 0.25) is 0 Å². The highest BCUT2D eigenvalue weighted by Gasteiger charge is 2.29. The van der Waals surface area contributed by atoms with Gasteiger partial charge < -0.3 is 10.0 Å². The molecule has 1 unspecified atom stereocenters. The molecule has 1 atom stereocenters. The number of benzene rings is 2. The minimum atomic E-state index is -0.740. The molecule has 28 heavy (non-hydrogen) atoms. The van der Waals surface area contributed by atoms with Crippen molar-refractivity contribution in [3.8, 4) is 0 Å². The molecule has 2 aliphatic heterocycles. The number of aliphatic hydroxyl groups is 1. The molecule has 1 amide bonds. The van der Waals surface area contributed by atoms with Crippen molar-refractivity contribution in [3.63, 3.8) is 0 Å². The van der Waals surface area contributed by atoms with Crippen molar-refractivity contribution in [1.82, 2.24) is 4.90 Å². The van der Waals surface area contributed by atoms with Crippen LogP contribution in [0.15, 0.2) is 54.6 Å². The second kappa shape index (κ2) is 8.89. The van der Waals surface area contributed by atoms with Crippen molar-refractivity contribution in [2.24, 2.45) is 5.92 Å². The number of hydrogen-bond acceptors (Lipinski definition) is 3.